The number of carbonyl (C=O) groups excluding carboxylic acids is 1. The Bertz CT molecular complexity index is 294. The van der Waals surface area contributed by atoms with E-state index in [1.807, 2.05) is 4.90 Å². The number of alkyl halides is 6. The summed E-state index contributed by atoms with van der Waals surface area (Å²) in [6.45, 7) is 1.44. The molecule has 1 amide bonds. The summed E-state index contributed by atoms with van der Waals surface area (Å²) in [5.41, 5.74) is 0. The van der Waals surface area contributed by atoms with Gasteiger partial charge in [0.1, 0.15) is 6.17 Å². The molecule has 106 valence electrons. The molecule has 1 aliphatic rings. The van der Waals surface area contributed by atoms with Crippen molar-refractivity contribution in [3.05, 3.63) is 0 Å². The Labute approximate surface area is 136 Å². The fraction of sp³-hybridized carbons (Fsp3) is 0.889. The van der Waals surface area contributed by atoms with Gasteiger partial charge in [-0.1, -0.05) is 76.0 Å². The third-order valence-corrected chi connectivity index (χ3v) is 3.73. The van der Waals surface area contributed by atoms with Crippen LogP contribution in [-0.4, -0.2) is 37.6 Å². The van der Waals surface area contributed by atoms with Gasteiger partial charge in [-0.25, -0.2) is 0 Å². The van der Waals surface area contributed by atoms with Crippen LogP contribution in [0.4, 0.5) is 0 Å². The minimum absolute atomic E-state index is 0.721. The van der Waals surface area contributed by atoms with Crippen LogP contribution < -0.4 is 5.32 Å². The van der Waals surface area contributed by atoms with Crippen molar-refractivity contribution in [2.75, 3.05) is 13.1 Å². The first-order valence-electron chi connectivity index (χ1n) is 5.31. The van der Waals surface area contributed by atoms with E-state index in [4.69, 9.17) is 69.6 Å². The van der Waals surface area contributed by atoms with E-state index in [1.165, 1.54) is 0 Å². The van der Waals surface area contributed by atoms with Gasteiger partial charge in [-0.15, -0.1) is 0 Å². The molecule has 0 saturated carbocycles. The fourth-order valence-electron chi connectivity index (χ4n) is 1.76. The zero-order valence-corrected chi connectivity index (χ0v) is 13.8. The van der Waals surface area contributed by atoms with Crippen LogP contribution in [-0.2, 0) is 4.79 Å². The lowest BCUT2D eigenvalue weighted by Crippen LogP contribution is -2.58. The average molecular weight is 377 g/mol. The van der Waals surface area contributed by atoms with E-state index in [2.05, 4.69) is 5.32 Å². The number of hydrogen-bond acceptors (Lipinski definition) is 2. The average Bonchev–Trinajstić information content (AvgIpc) is 2.23. The van der Waals surface area contributed by atoms with Crippen molar-refractivity contribution >= 4 is 75.5 Å². The van der Waals surface area contributed by atoms with Gasteiger partial charge in [-0.2, -0.15) is 0 Å². The lowest BCUT2D eigenvalue weighted by Gasteiger charge is -2.38. The molecule has 18 heavy (non-hydrogen) atoms. The van der Waals surface area contributed by atoms with E-state index in [0.29, 0.717) is 0 Å². The van der Waals surface area contributed by atoms with Gasteiger partial charge in [0.15, 0.2) is 0 Å². The first-order valence-corrected chi connectivity index (χ1v) is 7.57. The minimum atomic E-state index is -2.08. The van der Waals surface area contributed by atoms with Crippen LogP contribution in [0.2, 0.25) is 0 Å². The number of likely N-dealkylation sites (tertiary alicyclic amines) is 1. The van der Waals surface area contributed by atoms with Crippen molar-refractivity contribution < 1.29 is 4.79 Å². The summed E-state index contributed by atoms with van der Waals surface area (Å²) in [6.07, 6.45) is 2.24. The molecule has 0 aromatic heterocycles. The Kier molecular flexibility index (Phi) is 6.46. The largest absolute Gasteiger partial charge is 0.333 e. The number of amides is 1. The quantitative estimate of drug-likeness (QED) is 0.746. The highest BCUT2D eigenvalue weighted by Crippen LogP contribution is 2.35. The Hall–Kier alpha value is 1.17. The van der Waals surface area contributed by atoms with Crippen LogP contribution in [0.15, 0.2) is 0 Å². The Balaban J connectivity index is 2.76. The predicted molar refractivity (Wildman–Crippen MR) is 77.9 cm³/mol. The summed E-state index contributed by atoms with van der Waals surface area (Å²) in [7, 11) is 0. The van der Waals surface area contributed by atoms with Crippen molar-refractivity contribution in [1.82, 2.24) is 10.2 Å². The molecule has 0 aromatic carbocycles. The number of carbonyl (C=O) groups is 1. The van der Waals surface area contributed by atoms with E-state index in [0.717, 1.165) is 32.4 Å². The van der Waals surface area contributed by atoms with Crippen molar-refractivity contribution in [2.24, 2.45) is 0 Å². The number of piperidine rings is 1. The molecule has 3 nitrogen and oxygen atoms in total. The van der Waals surface area contributed by atoms with E-state index >= 15 is 0 Å². The molecule has 1 unspecified atom stereocenters. The summed E-state index contributed by atoms with van der Waals surface area (Å²) >= 11 is 34.1. The van der Waals surface area contributed by atoms with E-state index in [1.54, 1.807) is 0 Å². The highest BCUT2D eigenvalue weighted by Gasteiger charge is 2.42. The molecule has 1 fully saturated rings. The van der Waals surface area contributed by atoms with Gasteiger partial charge in [0, 0.05) is 13.1 Å². The maximum atomic E-state index is 11.7. The Morgan fingerprint density at radius 1 is 1.00 bits per heavy atom. The summed E-state index contributed by atoms with van der Waals surface area (Å²) in [5.74, 6) is -0.811. The molecular formula is C9H12Cl6N2O. The molecule has 9 heteroatoms. The summed E-state index contributed by atoms with van der Waals surface area (Å²) < 4.78 is -3.77. The van der Waals surface area contributed by atoms with Crippen molar-refractivity contribution in [3.63, 3.8) is 0 Å². The van der Waals surface area contributed by atoms with Gasteiger partial charge < -0.3 is 5.32 Å². The second-order valence-electron chi connectivity index (χ2n) is 4.01. The first kappa shape index (κ1) is 17.2. The highest BCUT2D eigenvalue weighted by atomic mass is 35.6. The maximum Gasteiger partial charge on any atom is 0.273 e. The standard InChI is InChI=1S/C9H12Cl6N2O/c10-8(11,12)6(16-7(18)9(13,14)15)17-4-2-1-3-5-17/h6H,1-5H2,(H,16,18). The molecule has 0 spiro atoms. The van der Waals surface area contributed by atoms with Gasteiger partial charge >= 0.3 is 0 Å². The summed E-state index contributed by atoms with van der Waals surface area (Å²) in [5, 5.41) is 2.46. The zero-order chi connectivity index (χ0) is 14.0. The molecule has 1 saturated heterocycles. The van der Waals surface area contributed by atoms with Crippen LogP contribution in [0.25, 0.3) is 0 Å². The molecule has 0 radical (unpaired) electrons. The van der Waals surface area contributed by atoms with Crippen molar-refractivity contribution in [3.8, 4) is 0 Å². The maximum absolute atomic E-state index is 11.7. The third-order valence-electron chi connectivity index (χ3n) is 2.59. The Morgan fingerprint density at radius 3 is 1.89 bits per heavy atom. The smallest absolute Gasteiger partial charge is 0.273 e. The first-order chi connectivity index (χ1) is 8.12. The van der Waals surface area contributed by atoms with Crippen LogP contribution in [0.3, 0.4) is 0 Å². The summed E-state index contributed by atoms with van der Waals surface area (Å²) in [4.78, 5) is 13.5. The molecule has 0 bridgehead atoms. The number of hydrogen-bond donors (Lipinski definition) is 1. The zero-order valence-electron chi connectivity index (χ0n) is 9.24. The number of halogens is 6. The van der Waals surface area contributed by atoms with Gasteiger partial charge in [0.2, 0.25) is 3.79 Å². The van der Waals surface area contributed by atoms with Crippen LogP contribution in [0, 0.1) is 0 Å². The monoisotopic (exact) mass is 374 g/mol. The highest BCUT2D eigenvalue weighted by molar-refractivity contribution is 6.76. The topological polar surface area (TPSA) is 32.3 Å². The van der Waals surface area contributed by atoms with Crippen LogP contribution >= 0.6 is 69.6 Å². The van der Waals surface area contributed by atoms with Gasteiger partial charge in [0.25, 0.3) is 9.70 Å². The normalized spacial score (nSPS) is 20.6. The van der Waals surface area contributed by atoms with E-state index in [9.17, 15) is 4.79 Å². The molecule has 1 N–H and O–H groups in total. The summed E-state index contributed by atoms with van der Waals surface area (Å²) in [6, 6.07) is 0. The molecule has 1 atom stereocenters. The third kappa shape index (κ3) is 5.28. The molecule has 0 aromatic rings. The minimum Gasteiger partial charge on any atom is -0.333 e. The molecular weight excluding hydrogens is 365 g/mol. The van der Waals surface area contributed by atoms with Gasteiger partial charge in [-0.05, 0) is 12.8 Å². The Morgan fingerprint density at radius 2 is 1.50 bits per heavy atom. The molecule has 1 heterocycles. The fourth-order valence-corrected chi connectivity index (χ4v) is 2.50. The number of nitrogens with one attached hydrogen (secondary N) is 1. The number of rotatable bonds is 2. The van der Waals surface area contributed by atoms with Crippen LogP contribution in [0.5, 0.6) is 0 Å². The van der Waals surface area contributed by atoms with Crippen LogP contribution in [0.1, 0.15) is 19.3 Å². The van der Waals surface area contributed by atoms with Gasteiger partial charge in [0.05, 0.1) is 0 Å². The van der Waals surface area contributed by atoms with Crippen molar-refractivity contribution in [1.29, 1.82) is 0 Å². The molecule has 1 rings (SSSR count). The second kappa shape index (κ2) is 6.75. The van der Waals surface area contributed by atoms with Crippen molar-refractivity contribution in [2.45, 2.75) is 33.0 Å². The number of nitrogens with zero attached hydrogens (tertiary/aromatic N) is 1. The SMILES string of the molecule is O=C(NC(N1CCCCC1)C(Cl)(Cl)Cl)C(Cl)(Cl)Cl. The lowest BCUT2D eigenvalue weighted by molar-refractivity contribution is -0.122. The molecule has 1 aliphatic heterocycles. The van der Waals surface area contributed by atoms with E-state index < -0.39 is 19.7 Å². The van der Waals surface area contributed by atoms with E-state index in [-0.39, 0.29) is 0 Å². The predicted octanol–water partition coefficient (Wildman–Crippen LogP) is 3.66. The second-order valence-corrected chi connectivity index (χ2v) is 8.66. The lowest BCUT2D eigenvalue weighted by atomic mass is 10.1. The van der Waals surface area contributed by atoms with Gasteiger partial charge in [-0.3, -0.25) is 9.69 Å². The molecule has 0 aliphatic carbocycles.